The van der Waals surface area contributed by atoms with Crippen LogP contribution in [0.3, 0.4) is 0 Å². The van der Waals surface area contributed by atoms with Crippen molar-refractivity contribution in [2.75, 3.05) is 0 Å². The molecule has 0 aromatic carbocycles. The molecule has 3 atom stereocenters. The maximum atomic E-state index is 12.7. The second-order valence-electron chi connectivity index (χ2n) is 8.97. The molecule has 0 heterocycles. The Kier molecular flexibility index (Phi) is 8.86. The van der Waals surface area contributed by atoms with Gasteiger partial charge in [0.2, 0.25) is 0 Å². The third kappa shape index (κ3) is 6.59. The maximum absolute atomic E-state index is 12.7. The van der Waals surface area contributed by atoms with Crippen LogP contribution >= 0.6 is 0 Å². The number of Topliss-reactive ketones (excluding diaryl/α,β-unsaturated/α-hetero) is 1. The minimum absolute atomic E-state index is 0.164. The van der Waals surface area contributed by atoms with Crippen molar-refractivity contribution in [3.8, 4) is 0 Å². The molecule has 23 heavy (non-hydrogen) atoms. The van der Waals surface area contributed by atoms with Gasteiger partial charge in [0, 0.05) is 12.3 Å². The van der Waals surface area contributed by atoms with Gasteiger partial charge in [-0.05, 0) is 48.9 Å². The predicted molar refractivity (Wildman–Crippen MR) is 102 cm³/mol. The van der Waals surface area contributed by atoms with Crippen molar-refractivity contribution in [1.29, 1.82) is 0 Å². The summed E-state index contributed by atoms with van der Waals surface area (Å²) in [6.07, 6.45) is 12.3. The molecule has 0 aromatic heterocycles. The van der Waals surface area contributed by atoms with Crippen LogP contribution in [-0.4, -0.2) is 5.78 Å². The lowest BCUT2D eigenvalue weighted by atomic mass is 9.67. The molecule has 1 fully saturated rings. The Labute approximate surface area is 146 Å². The van der Waals surface area contributed by atoms with E-state index in [0.717, 1.165) is 31.1 Å². The molecule has 1 heteroatoms. The average Bonchev–Trinajstić information content (AvgIpc) is 2.58. The molecule has 3 unspecified atom stereocenters. The molecule has 0 aromatic rings. The first kappa shape index (κ1) is 20.7. The molecule has 0 radical (unpaired) electrons. The molecule has 0 bridgehead atoms. The van der Waals surface area contributed by atoms with Crippen LogP contribution in [0.5, 0.6) is 0 Å². The number of hydrogen-bond donors (Lipinski definition) is 0. The lowest BCUT2D eigenvalue weighted by Gasteiger charge is -2.37. The molecule has 0 aliphatic heterocycles. The van der Waals surface area contributed by atoms with Crippen molar-refractivity contribution in [3.05, 3.63) is 0 Å². The number of hydrogen-bond acceptors (Lipinski definition) is 1. The summed E-state index contributed by atoms with van der Waals surface area (Å²) in [5.41, 5.74) is 0.164. The van der Waals surface area contributed by atoms with Gasteiger partial charge in [-0.2, -0.15) is 0 Å². The Balaban J connectivity index is 2.80. The van der Waals surface area contributed by atoms with Crippen molar-refractivity contribution >= 4 is 5.78 Å². The third-order valence-corrected chi connectivity index (χ3v) is 6.69. The van der Waals surface area contributed by atoms with Gasteiger partial charge in [-0.25, -0.2) is 0 Å². The Morgan fingerprint density at radius 3 is 2.26 bits per heavy atom. The van der Waals surface area contributed by atoms with Gasteiger partial charge in [0.05, 0.1) is 0 Å². The highest BCUT2D eigenvalue weighted by molar-refractivity contribution is 5.81. The SMILES string of the molecule is CCC1CCCC(C)CCC(C(C)(C)CC(=O)C(CC)CC)C1. The third-order valence-electron chi connectivity index (χ3n) is 6.69. The van der Waals surface area contributed by atoms with Gasteiger partial charge in [-0.15, -0.1) is 0 Å². The topological polar surface area (TPSA) is 17.1 Å². The highest BCUT2D eigenvalue weighted by atomic mass is 16.1. The predicted octanol–water partition coefficient (Wildman–Crippen LogP) is 7.04. The zero-order valence-corrected chi connectivity index (χ0v) is 16.8. The molecule has 1 aliphatic rings. The monoisotopic (exact) mass is 322 g/mol. The maximum Gasteiger partial charge on any atom is 0.136 e. The fourth-order valence-corrected chi connectivity index (χ4v) is 4.59. The largest absolute Gasteiger partial charge is 0.299 e. The molecule has 0 N–H and O–H groups in total. The molecule has 136 valence electrons. The molecule has 1 rings (SSSR count). The average molecular weight is 323 g/mol. The van der Waals surface area contributed by atoms with Crippen LogP contribution in [0, 0.1) is 29.1 Å². The standard InChI is InChI=1S/C22H42O/c1-7-18-12-10-11-17(4)13-14-20(15-18)22(5,6)16-21(23)19(8-2)9-3/h17-20H,7-16H2,1-6H3. The van der Waals surface area contributed by atoms with Crippen LogP contribution in [0.15, 0.2) is 0 Å². The van der Waals surface area contributed by atoms with Crippen molar-refractivity contribution < 1.29 is 4.79 Å². The van der Waals surface area contributed by atoms with Gasteiger partial charge >= 0.3 is 0 Å². The first-order valence-electron chi connectivity index (χ1n) is 10.4. The Morgan fingerprint density at radius 1 is 1.04 bits per heavy atom. The van der Waals surface area contributed by atoms with Crippen LogP contribution < -0.4 is 0 Å². The fourth-order valence-electron chi connectivity index (χ4n) is 4.59. The van der Waals surface area contributed by atoms with Gasteiger partial charge in [0.15, 0.2) is 0 Å². The zero-order chi connectivity index (χ0) is 17.5. The lowest BCUT2D eigenvalue weighted by Crippen LogP contribution is -2.31. The normalized spacial score (nSPS) is 27.3. The van der Waals surface area contributed by atoms with Crippen LogP contribution in [0.1, 0.15) is 106 Å². The van der Waals surface area contributed by atoms with Gasteiger partial charge in [-0.1, -0.05) is 73.6 Å². The second-order valence-corrected chi connectivity index (χ2v) is 8.97. The van der Waals surface area contributed by atoms with Gasteiger partial charge in [-0.3, -0.25) is 4.79 Å². The minimum atomic E-state index is 0.164. The van der Waals surface area contributed by atoms with E-state index >= 15 is 0 Å². The van der Waals surface area contributed by atoms with Crippen LogP contribution in [-0.2, 0) is 4.79 Å². The molecule has 0 saturated heterocycles. The number of carbonyl (C=O) groups excluding carboxylic acids is 1. The van der Waals surface area contributed by atoms with E-state index in [1.165, 1.54) is 44.9 Å². The minimum Gasteiger partial charge on any atom is -0.299 e. The smallest absolute Gasteiger partial charge is 0.136 e. The lowest BCUT2D eigenvalue weighted by molar-refractivity contribution is -0.126. The summed E-state index contributed by atoms with van der Waals surface area (Å²) in [7, 11) is 0. The van der Waals surface area contributed by atoms with E-state index in [-0.39, 0.29) is 11.3 Å². The van der Waals surface area contributed by atoms with Crippen molar-refractivity contribution in [1.82, 2.24) is 0 Å². The molecular formula is C22H42O. The summed E-state index contributed by atoms with van der Waals surface area (Å²) in [4.78, 5) is 12.7. The number of ketones is 1. The van der Waals surface area contributed by atoms with E-state index in [0.29, 0.717) is 11.7 Å². The van der Waals surface area contributed by atoms with E-state index in [4.69, 9.17) is 0 Å². The van der Waals surface area contributed by atoms with Crippen molar-refractivity contribution in [2.45, 2.75) is 106 Å². The van der Waals surface area contributed by atoms with Crippen molar-refractivity contribution in [3.63, 3.8) is 0 Å². The molecule has 1 saturated carbocycles. The number of carbonyl (C=O) groups is 1. The molecule has 0 amide bonds. The summed E-state index contributed by atoms with van der Waals surface area (Å²) in [5.74, 6) is 3.24. The second kappa shape index (κ2) is 9.84. The summed E-state index contributed by atoms with van der Waals surface area (Å²) in [5, 5.41) is 0. The van der Waals surface area contributed by atoms with Gasteiger partial charge in [0.25, 0.3) is 0 Å². The highest BCUT2D eigenvalue weighted by Crippen LogP contribution is 2.42. The summed E-state index contributed by atoms with van der Waals surface area (Å²) in [6.45, 7) is 13.8. The Hall–Kier alpha value is -0.330. The highest BCUT2D eigenvalue weighted by Gasteiger charge is 2.34. The van der Waals surface area contributed by atoms with E-state index in [1.807, 2.05) is 0 Å². The van der Waals surface area contributed by atoms with E-state index < -0.39 is 0 Å². The molecule has 1 aliphatic carbocycles. The number of rotatable bonds is 7. The molecule has 1 nitrogen and oxygen atoms in total. The fraction of sp³-hybridized carbons (Fsp3) is 0.955. The zero-order valence-electron chi connectivity index (χ0n) is 16.8. The molecule has 0 spiro atoms. The Morgan fingerprint density at radius 2 is 1.70 bits per heavy atom. The van der Waals surface area contributed by atoms with E-state index in [2.05, 4.69) is 41.5 Å². The van der Waals surface area contributed by atoms with Crippen molar-refractivity contribution in [2.24, 2.45) is 29.1 Å². The quantitative estimate of drug-likeness (QED) is 0.491. The van der Waals surface area contributed by atoms with Crippen LogP contribution in [0.2, 0.25) is 0 Å². The first-order chi connectivity index (χ1) is 10.8. The Bertz CT molecular complexity index is 340. The first-order valence-corrected chi connectivity index (χ1v) is 10.4. The van der Waals surface area contributed by atoms with Gasteiger partial charge < -0.3 is 0 Å². The van der Waals surface area contributed by atoms with E-state index in [9.17, 15) is 4.79 Å². The van der Waals surface area contributed by atoms with Crippen LogP contribution in [0.4, 0.5) is 0 Å². The summed E-state index contributed by atoms with van der Waals surface area (Å²) in [6, 6.07) is 0. The summed E-state index contributed by atoms with van der Waals surface area (Å²) >= 11 is 0. The van der Waals surface area contributed by atoms with Crippen LogP contribution in [0.25, 0.3) is 0 Å². The van der Waals surface area contributed by atoms with Gasteiger partial charge in [0.1, 0.15) is 5.78 Å². The molecular weight excluding hydrogens is 280 g/mol. The van der Waals surface area contributed by atoms with E-state index in [1.54, 1.807) is 0 Å². The summed E-state index contributed by atoms with van der Waals surface area (Å²) < 4.78 is 0.